The summed E-state index contributed by atoms with van der Waals surface area (Å²) >= 11 is 24.3. The van der Waals surface area contributed by atoms with Crippen LogP contribution >= 0.6 is 46.4 Å². The number of nitrogens with zero attached hydrogens (tertiary/aromatic N) is 2. The third-order valence-corrected chi connectivity index (χ3v) is 8.32. The Balaban J connectivity index is 1.66. The molecule has 0 radical (unpaired) electrons. The molecule has 0 saturated heterocycles. The van der Waals surface area contributed by atoms with Crippen molar-refractivity contribution in [1.29, 1.82) is 0 Å². The summed E-state index contributed by atoms with van der Waals surface area (Å²) in [5, 5.41) is 0. The summed E-state index contributed by atoms with van der Waals surface area (Å²) in [6, 6.07) is 7.22. The Morgan fingerprint density at radius 1 is 0.913 bits per heavy atom. The van der Waals surface area contributed by atoms with E-state index in [1.807, 2.05) is 12.1 Å². The van der Waals surface area contributed by atoms with E-state index in [4.69, 9.17) is 46.4 Å². The highest BCUT2D eigenvalue weighted by Crippen LogP contribution is 2.57. The van der Waals surface area contributed by atoms with Gasteiger partial charge in [0.15, 0.2) is 0 Å². The maximum Gasteiger partial charge on any atom is 0.326 e. The molecule has 1 aromatic carbocycles. The molecule has 1 heterocycles. The van der Waals surface area contributed by atoms with Crippen LogP contribution in [0, 0.1) is 11.8 Å². The first-order chi connectivity index (χ1) is 10.6. The quantitative estimate of drug-likeness (QED) is 0.698. The van der Waals surface area contributed by atoms with Gasteiger partial charge in [-0.15, -0.1) is 46.4 Å². The van der Waals surface area contributed by atoms with E-state index < -0.39 is 18.9 Å². The van der Waals surface area contributed by atoms with Crippen LogP contribution in [-0.4, -0.2) is 30.2 Å². The van der Waals surface area contributed by atoms with Crippen LogP contribution < -0.4 is 8.61 Å². The fraction of sp³-hybridized carbons (Fsp3) is 0.571. The first-order valence-electron chi connectivity index (χ1n) is 7.28. The number of hydrogen-bond donors (Lipinski definition) is 0. The topological polar surface area (TPSA) is 40.6 Å². The molecule has 0 amide bonds. The van der Waals surface area contributed by atoms with E-state index in [9.17, 15) is 8.42 Å². The molecule has 0 N–H and O–H groups in total. The van der Waals surface area contributed by atoms with E-state index in [-0.39, 0.29) is 24.9 Å². The van der Waals surface area contributed by atoms with Crippen LogP contribution in [0.2, 0.25) is 0 Å². The normalized spacial score (nSPS) is 31.8. The summed E-state index contributed by atoms with van der Waals surface area (Å²) in [4.78, 5) is 0. The second kappa shape index (κ2) is 4.98. The average molecular weight is 416 g/mol. The fourth-order valence-electron chi connectivity index (χ4n) is 2.97. The third-order valence-electron chi connectivity index (χ3n) is 4.66. The van der Waals surface area contributed by atoms with E-state index >= 15 is 0 Å². The lowest BCUT2D eigenvalue weighted by molar-refractivity contribution is 0.584. The van der Waals surface area contributed by atoms with Crippen LogP contribution in [0.3, 0.4) is 0 Å². The van der Waals surface area contributed by atoms with E-state index in [1.54, 1.807) is 12.1 Å². The Bertz CT molecular complexity index is 711. The third kappa shape index (κ3) is 2.69. The van der Waals surface area contributed by atoms with E-state index in [2.05, 4.69) is 0 Å². The van der Waals surface area contributed by atoms with Crippen molar-refractivity contribution >= 4 is 68.0 Å². The first kappa shape index (κ1) is 16.4. The highest BCUT2D eigenvalue weighted by Gasteiger charge is 2.57. The number of hydrogen-bond acceptors (Lipinski definition) is 2. The molecule has 2 unspecified atom stereocenters. The first-order valence-corrected chi connectivity index (χ1v) is 10.2. The molecule has 2 fully saturated rings. The zero-order valence-electron chi connectivity index (χ0n) is 11.9. The molecular weight excluding hydrogens is 402 g/mol. The van der Waals surface area contributed by atoms with Crippen molar-refractivity contribution < 1.29 is 8.42 Å². The Labute approximate surface area is 155 Å². The molecule has 23 heavy (non-hydrogen) atoms. The molecule has 2 saturated carbocycles. The molecule has 0 spiro atoms. The summed E-state index contributed by atoms with van der Waals surface area (Å²) in [6.07, 6.45) is 1.19. The summed E-state index contributed by atoms with van der Waals surface area (Å²) in [6.45, 7) is 0.556. The Hall–Kier alpha value is -0.0700. The molecule has 3 aliphatic rings. The lowest BCUT2D eigenvalue weighted by Gasteiger charge is -2.22. The molecule has 0 bridgehead atoms. The standard InChI is InChI=1S/C14H14Cl4N2O2S/c15-13(16)5-9(13)7-19-11-3-1-2-4-12(11)20(23(19,21)22)8-10-6-14(10,17)18/h1-4,9-10H,5-8H2. The van der Waals surface area contributed by atoms with Gasteiger partial charge in [-0.05, 0) is 25.0 Å². The molecule has 2 atom stereocenters. The van der Waals surface area contributed by atoms with Crippen molar-refractivity contribution in [3.05, 3.63) is 24.3 Å². The second-order valence-electron chi connectivity index (χ2n) is 6.38. The maximum absolute atomic E-state index is 13.0. The molecule has 1 aliphatic heterocycles. The van der Waals surface area contributed by atoms with E-state index in [0.717, 1.165) is 0 Å². The van der Waals surface area contributed by atoms with Gasteiger partial charge in [0, 0.05) is 24.9 Å². The van der Waals surface area contributed by atoms with E-state index in [1.165, 1.54) is 8.61 Å². The summed E-state index contributed by atoms with van der Waals surface area (Å²) in [5.41, 5.74) is 1.30. The van der Waals surface area contributed by atoms with Gasteiger partial charge in [-0.3, -0.25) is 8.61 Å². The van der Waals surface area contributed by atoms with Crippen LogP contribution in [0.15, 0.2) is 24.3 Å². The molecule has 4 nitrogen and oxygen atoms in total. The predicted molar refractivity (Wildman–Crippen MR) is 95.1 cm³/mol. The lowest BCUT2D eigenvalue weighted by atomic mass is 10.2. The molecule has 4 rings (SSSR count). The largest absolute Gasteiger partial charge is 0.326 e. The predicted octanol–water partition coefficient (Wildman–Crippen LogP) is 3.95. The van der Waals surface area contributed by atoms with Gasteiger partial charge in [-0.1, -0.05) is 12.1 Å². The Kier molecular flexibility index (Phi) is 3.55. The number of para-hydroxylation sites is 2. The van der Waals surface area contributed by atoms with E-state index in [0.29, 0.717) is 24.2 Å². The Morgan fingerprint density at radius 2 is 1.26 bits per heavy atom. The van der Waals surface area contributed by atoms with Crippen molar-refractivity contribution in [1.82, 2.24) is 0 Å². The van der Waals surface area contributed by atoms with Crippen LogP contribution in [0.4, 0.5) is 11.4 Å². The van der Waals surface area contributed by atoms with Gasteiger partial charge in [0.1, 0.15) is 8.67 Å². The van der Waals surface area contributed by atoms with Gasteiger partial charge in [-0.25, -0.2) is 0 Å². The smallest absolute Gasteiger partial charge is 0.251 e. The number of halogens is 4. The average Bonchev–Trinajstić information content (AvgIpc) is 3.24. The number of fused-ring (bicyclic) bond motifs is 1. The number of benzene rings is 1. The SMILES string of the molecule is O=S1(=O)N(CC2CC2(Cl)Cl)c2ccccc2N1CC1CC1(Cl)Cl. The molecule has 2 aliphatic carbocycles. The molecule has 1 aromatic rings. The van der Waals surface area contributed by atoms with Crippen molar-refractivity contribution in [3.8, 4) is 0 Å². The second-order valence-corrected chi connectivity index (χ2v) is 11.2. The molecule has 0 aromatic heterocycles. The Morgan fingerprint density at radius 3 is 1.57 bits per heavy atom. The highest BCUT2D eigenvalue weighted by molar-refractivity contribution is 7.94. The number of anilines is 2. The van der Waals surface area contributed by atoms with Crippen molar-refractivity contribution in [2.45, 2.75) is 21.5 Å². The van der Waals surface area contributed by atoms with Crippen molar-refractivity contribution in [2.24, 2.45) is 11.8 Å². The van der Waals surface area contributed by atoms with Crippen LogP contribution in [-0.2, 0) is 10.2 Å². The monoisotopic (exact) mass is 414 g/mol. The maximum atomic E-state index is 13.0. The molecule has 9 heteroatoms. The van der Waals surface area contributed by atoms with Gasteiger partial charge in [0.05, 0.1) is 11.4 Å². The van der Waals surface area contributed by atoms with Gasteiger partial charge in [0.2, 0.25) is 0 Å². The van der Waals surface area contributed by atoms with Gasteiger partial charge in [0.25, 0.3) is 0 Å². The number of rotatable bonds is 4. The van der Waals surface area contributed by atoms with Gasteiger partial charge in [-0.2, -0.15) is 8.42 Å². The fourth-order valence-corrected chi connectivity index (χ4v) is 5.78. The minimum absolute atomic E-state index is 0.0605. The summed E-state index contributed by atoms with van der Waals surface area (Å²) in [5.74, 6) is -0.121. The van der Waals surface area contributed by atoms with Gasteiger partial charge < -0.3 is 0 Å². The number of alkyl halides is 4. The minimum atomic E-state index is -3.67. The molecular formula is C14H14Cl4N2O2S. The van der Waals surface area contributed by atoms with Gasteiger partial charge >= 0.3 is 10.2 Å². The van der Waals surface area contributed by atoms with Crippen LogP contribution in [0.25, 0.3) is 0 Å². The summed E-state index contributed by atoms with van der Waals surface area (Å²) in [7, 11) is -3.67. The van der Waals surface area contributed by atoms with Crippen molar-refractivity contribution in [3.63, 3.8) is 0 Å². The minimum Gasteiger partial charge on any atom is -0.251 e. The van der Waals surface area contributed by atoms with Crippen molar-refractivity contribution in [2.75, 3.05) is 21.7 Å². The van der Waals surface area contributed by atoms with Crippen LogP contribution in [0.5, 0.6) is 0 Å². The summed E-state index contributed by atoms with van der Waals surface area (Å²) < 4.78 is 27.1. The lowest BCUT2D eigenvalue weighted by Crippen LogP contribution is -2.40. The molecule has 126 valence electrons. The van der Waals surface area contributed by atoms with Crippen LogP contribution in [0.1, 0.15) is 12.8 Å². The zero-order valence-corrected chi connectivity index (χ0v) is 15.8. The highest BCUT2D eigenvalue weighted by atomic mass is 35.5. The zero-order chi connectivity index (χ0) is 16.6.